The molecule has 2 heterocycles. The highest BCUT2D eigenvalue weighted by Gasteiger charge is 2.24. The summed E-state index contributed by atoms with van der Waals surface area (Å²) in [6.07, 6.45) is 1.18. The molecular weight excluding hydrogens is 270 g/mol. The molecule has 1 fully saturated rings. The minimum Gasteiger partial charge on any atom is -0.384 e. The van der Waals surface area contributed by atoms with Gasteiger partial charge in [-0.25, -0.2) is 0 Å². The maximum atomic E-state index is 8.72. The first-order valence-corrected chi connectivity index (χ1v) is 8.01. The lowest BCUT2D eigenvalue weighted by Gasteiger charge is -2.36. The number of rotatable bonds is 4. The number of hydrogen-bond donors (Lipinski definition) is 1. The highest BCUT2D eigenvalue weighted by atomic mass is 32.1. The van der Waals surface area contributed by atoms with Gasteiger partial charge in [-0.3, -0.25) is 4.90 Å². The fraction of sp³-hybridized carbons (Fsp3) is 0.625. The third-order valence-electron chi connectivity index (χ3n) is 3.40. The number of morpholine rings is 1. The van der Waals surface area contributed by atoms with Crippen LogP contribution in [0.25, 0.3) is 0 Å². The van der Waals surface area contributed by atoms with Crippen molar-refractivity contribution in [2.24, 2.45) is 5.92 Å². The van der Waals surface area contributed by atoms with E-state index < -0.39 is 0 Å². The average molecular weight is 293 g/mol. The normalized spacial score (nSPS) is 19.9. The van der Waals surface area contributed by atoms with Gasteiger partial charge in [0.2, 0.25) is 0 Å². The summed E-state index contributed by atoms with van der Waals surface area (Å²) < 4.78 is 5.62. The van der Waals surface area contributed by atoms with Gasteiger partial charge in [0, 0.05) is 24.0 Å². The van der Waals surface area contributed by atoms with Crippen molar-refractivity contribution >= 4 is 11.3 Å². The fourth-order valence-electron chi connectivity index (χ4n) is 2.52. The molecule has 1 N–H and O–H groups in total. The Morgan fingerprint density at radius 3 is 3.10 bits per heavy atom. The van der Waals surface area contributed by atoms with Crippen molar-refractivity contribution in [1.29, 1.82) is 0 Å². The van der Waals surface area contributed by atoms with Crippen LogP contribution in [0.2, 0.25) is 0 Å². The molecule has 0 amide bonds. The first-order chi connectivity index (χ1) is 9.69. The van der Waals surface area contributed by atoms with Gasteiger partial charge in [-0.05, 0) is 24.5 Å². The zero-order valence-electron chi connectivity index (χ0n) is 12.3. The van der Waals surface area contributed by atoms with Crippen LogP contribution in [0.4, 0.5) is 0 Å². The Balaban J connectivity index is 1.97. The van der Waals surface area contributed by atoms with Gasteiger partial charge >= 0.3 is 0 Å². The molecule has 0 saturated carbocycles. The van der Waals surface area contributed by atoms with E-state index in [9.17, 15) is 0 Å². The maximum absolute atomic E-state index is 8.72. The van der Waals surface area contributed by atoms with Crippen LogP contribution < -0.4 is 0 Å². The van der Waals surface area contributed by atoms with Gasteiger partial charge in [-0.2, -0.15) is 0 Å². The van der Waals surface area contributed by atoms with Gasteiger partial charge < -0.3 is 9.84 Å². The lowest BCUT2D eigenvalue weighted by Crippen LogP contribution is -2.45. The van der Waals surface area contributed by atoms with Gasteiger partial charge in [-0.1, -0.05) is 25.7 Å². The monoisotopic (exact) mass is 293 g/mol. The van der Waals surface area contributed by atoms with Crippen LogP contribution in [0.15, 0.2) is 12.1 Å². The molecule has 0 aliphatic carbocycles. The van der Waals surface area contributed by atoms with E-state index in [-0.39, 0.29) is 6.61 Å². The summed E-state index contributed by atoms with van der Waals surface area (Å²) in [6, 6.07) is 4.71. The van der Waals surface area contributed by atoms with E-state index >= 15 is 0 Å². The van der Waals surface area contributed by atoms with Gasteiger partial charge in [0.25, 0.3) is 0 Å². The van der Waals surface area contributed by atoms with Gasteiger partial charge in [0.1, 0.15) is 6.61 Å². The molecule has 1 aromatic heterocycles. The topological polar surface area (TPSA) is 32.7 Å². The lowest BCUT2D eigenvalue weighted by atomic mass is 10.0. The largest absolute Gasteiger partial charge is 0.384 e. The predicted octanol–water partition coefficient (Wildman–Crippen LogP) is 2.34. The van der Waals surface area contributed by atoms with Crippen molar-refractivity contribution in [1.82, 2.24) is 4.90 Å². The molecule has 3 nitrogen and oxygen atoms in total. The number of aliphatic hydroxyl groups is 1. The minimum absolute atomic E-state index is 0.0762. The molecule has 4 heteroatoms. The van der Waals surface area contributed by atoms with E-state index in [1.165, 1.54) is 11.3 Å². The van der Waals surface area contributed by atoms with Gasteiger partial charge in [-0.15, -0.1) is 11.3 Å². The van der Waals surface area contributed by atoms with Crippen molar-refractivity contribution in [3.63, 3.8) is 0 Å². The Hall–Kier alpha value is -0.860. The summed E-state index contributed by atoms with van der Waals surface area (Å²) in [5.74, 6) is 6.36. The third kappa shape index (κ3) is 4.60. The summed E-state index contributed by atoms with van der Waals surface area (Å²) >= 11 is 1.72. The fourth-order valence-corrected chi connectivity index (χ4v) is 3.42. The van der Waals surface area contributed by atoms with Gasteiger partial charge in [0.15, 0.2) is 0 Å². The van der Waals surface area contributed by atoms with Crippen molar-refractivity contribution < 1.29 is 9.84 Å². The minimum atomic E-state index is -0.0762. The molecule has 0 bridgehead atoms. The standard InChI is InChI=1S/C16H23NO2S/c1-13(2)10-14-12-19-9-7-17(14)11-16-6-5-15(20-16)4-3-8-18/h5-6,13-14,18H,7-12H2,1-2H3/t14-/m0/s1. The van der Waals surface area contributed by atoms with Crippen LogP contribution in [-0.2, 0) is 11.3 Å². The van der Waals surface area contributed by atoms with Crippen LogP contribution >= 0.6 is 11.3 Å². The number of nitrogens with zero attached hydrogens (tertiary/aromatic N) is 1. The Kier molecular flexibility index (Phi) is 6.06. The van der Waals surface area contributed by atoms with Crippen LogP contribution in [0.3, 0.4) is 0 Å². The first kappa shape index (κ1) is 15.5. The highest BCUT2D eigenvalue weighted by Crippen LogP contribution is 2.22. The molecule has 1 atom stereocenters. The van der Waals surface area contributed by atoms with E-state index in [1.807, 2.05) is 6.07 Å². The summed E-state index contributed by atoms with van der Waals surface area (Å²) in [6.45, 7) is 8.12. The Morgan fingerprint density at radius 1 is 1.50 bits per heavy atom. The number of aliphatic hydroxyl groups excluding tert-OH is 1. The molecule has 1 saturated heterocycles. The van der Waals surface area contributed by atoms with Crippen molar-refractivity contribution in [2.45, 2.75) is 32.9 Å². The van der Waals surface area contributed by atoms with E-state index in [0.29, 0.717) is 12.0 Å². The van der Waals surface area contributed by atoms with Crippen LogP contribution in [0, 0.1) is 17.8 Å². The van der Waals surface area contributed by atoms with Crippen LogP contribution in [0.5, 0.6) is 0 Å². The molecule has 0 unspecified atom stereocenters. The van der Waals surface area contributed by atoms with E-state index in [4.69, 9.17) is 9.84 Å². The molecule has 0 spiro atoms. The van der Waals surface area contributed by atoms with Crippen molar-refractivity contribution in [3.05, 3.63) is 21.9 Å². The Labute approximate surface area is 125 Å². The summed E-state index contributed by atoms with van der Waals surface area (Å²) in [7, 11) is 0. The van der Waals surface area contributed by atoms with Gasteiger partial charge in [0.05, 0.1) is 18.1 Å². The van der Waals surface area contributed by atoms with Crippen molar-refractivity contribution in [2.75, 3.05) is 26.4 Å². The summed E-state index contributed by atoms with van der Waals surface area (Å²) in [4.78, 5) is 4.89. The van der Waals surface area contributed by atoms with Crippen molar-refractivity contribution in [3.8, 4) is 11.8 Å². The quantitative estimate of drug-likeness (QED) is 0.865. The number of ether oxygens (including phenoxy) is 1. The zero-order chi connectivity index (χ0) is 14.4. The molecular formula is C16H23NO2S. The molecule has 1 aliphatic rings. The second kappa shape index (κ2) is 7.80. The first-order valence-electron chi connectivity index (χ1n) is 7.19. The third-order valence-corrected chi connectivity index (χ3v) is 4.39. The second-order valence-electron chi connectivity index (χ2n) is 5.55. The van der Waals surface area contributed by atoms with E-state index in [1.54, 1.807) is 11.3 Å². The molecule has 1 aliphatic heterocycles. The number of thiophene rings is 1. The lowest BCUT2D eigenvalue weighted by molar-refractivity contribution is -0.0182. The van der Waals surface area contributed by atoms with Crippen LogP contribution in [-0.4, -0.2) is 42.4 Å². The molecule has 0 radical (unpaired) electrons. The van der Waals surface area contributed by atoms with E-state index in [2.05, 4.69) is 36.7 Å². The molecule has 110 valence electrons. The highest BCUT2D eigenvalue weighted by molar-refractivity contribution is 7.12. The second-order valence-corrected chi connectivity index (χ2v) is 6.72. The smallest absolute Gasteiger partial charge is 0.104 e. The summed E-state index contributed by atoms with van der Waals surface area (Å²) in [5.41, 5.74) is 0. The molecule has 1 aromatic rings. The molecule has 0 aromatic carbocycles. The SMILES string of the molecule is CC(C)C[C@H]1COCCN1Cc1ccc(C#CCO)s1. The molecule has 2 rings (SSSR count). The van der Waals surface area contributed by atoms with Crippen LogP contribution in [0.1, 0.15) is 30.0 Å². The average Bonchev–Trinajstić information content (AvgIpc) is 2.86. The van der Waals surface area contributed by atoms with E-state index in [0.717, 1.165) is 31.2 Å². The maximum Gasteiger partial charge on any atom is 0.104 e. The Bertz CT molecular complexity index is 472. The summed E-state index contributed by atoms with van der Waals surface area (Å²) in [5, 5.41) is 8.72. The Morgan fingerprint density at radius 2 is 2.35 bits per heavy atom. The number of hydrogen-bond acceptors (Lipinski definition) is 4. The predicted molar refractivity (Wildman–Crippen MR) is 82.8 cm³/mol. The molecule has 20 heavy (non-hydrogen) atoms. The zero-order valence-corrected chi connectivity index (χ0v) is 13.1.